The zero-order chi connectivity index (χ0) is 14.1. The normalized spacial score (nSPS) is 23.7. The number of anilines is 1. The SMILES string of the molecule is Cc1cc(N)ccc1S(=O)(=O)NCC1(O)CCOC1. The van der Waals surface area contributed by atoms with E-state index in [-0.39, 0.29) is 18.0 Å². The Morgan fingerprint density at radius 2 is 2.26 bits per heavy atom. The summed E-state index contributed by atoms with van der Waals surface area (Å²) in [6.07, 6.45) is 0.427. The van der Waals surface area contributed by atoms with Crippen LogP contribution in [0.5, 0.6) is 0 Å². The minimum absolute atomic E-state index is 0.0564. The quantitative estimate of drug-likeness (QED) is 0.677. The fourth-order valence-corrected chi connectivity index (χ4v) is 3.36. The Hall–Kier alpha value is -1.15. The van der Waals surface area contributed by atoms with E-state index in [4.69, 9.17) is 10.5 Å². The Kier molecular flexibility index (Phi) is 3.82. The lowest BCUT2D eigenvalue weighted by molar-refractivity contribution is 0.0314. The van der Waals surface area contributed by atoms with Crippen LogP contribution in [0.15, 0.2) is 23.1 Å². The predicted molar refractivity (Wildman–Crippen MR) is 71.2 cm³/mol. The number of benzene rings is 1. The first-order valence-corrected chi connectivity index (χ1v) is 7.47. The molecule has 0 radical (unpaired) electrons. The van der Waals surface area contributed by atoms with Crippen molar-refractivity contribution >= 4 is 15.7 Å². The topological polar surface area (TPSA) is 102 Å². The van der Waals surface area contributed by atoms with Crippen molar-refractivity contribution in [3.8, 4) is 0 Å². The number of rotatable bonds is 4. The Labute approximate surface area is 112 Å². The van der Waals surface area contributed by atoms with Crippen LogP contribution in [0.25, 0.3) is 0 Å². The van der Waals surface area contributed by atoms with E-state index in [1.807, 2.05) is 0 Å². The number of nitrogens with one attached hydrogen (secondary N) is 1. The molecule has 0 amide bonds. The van der Waals surface area contributed by atoms with Gasteiger partial charge in [0.15, 0.2) is 0 Å². The predicted octanol–water partition coefficient (Wildman–Crippen LogP) is 0.00692. The van der Waals surface area contributed by atoms with E-state index >= 15 is 0 Å². The maximum absolute atomic E-state index is 12.2. The van der Waals surface area contributed by atoms with Gasteiger partial charge in [0, 0.05) is 25.3 Å². The Morgan fingerprint density at radius 1 is 1.53 bits per heavy atom. The fourth-order valence-electron chi connectivity index (χ4n) is 2.02. The van der Waals surface area contributed by atoms with Crippen LogP contribution in [-0.4, -0.2) is 38.9 Å². The Balaban J connectivity index is 2.14. The number of sulfonamides is 1. The van der Waals surface area contributed by atoms with Gasteiger partial charge < -0.3 is 15.6 Å². The molecule has 1 aromatic carbocycles. The van der Waals surface area contributed by atoms with Crippen molar-refractivity contribution in [3.63, 3.8) is 0 Å². The molecule has 0 saturated carbocycles. The number of aryl methyl sites for hydroxylation is 1. The van der Waals surface area contributed by atoms with Gasteiger partial charge in [0.2, 0.25) is 10.0 Å². The summed E-state index contributed by atoms with van der Waals surface area (Å²) in [4.78, 5) is 0.171. The van der Waals surface area contributed by atoms with Gasteiger partial charge in [-0.15, -0.1) is 0 Å². The Bertz CT molecular complexity index is 565. The highest BCUT2D eigenvalue weighted by atomic mass is 32.2. The number of nitrogens with two attached hydrogens (primary N) is 1. The van der Waals surface area contributed by atoms with Gasteiger partial charge in [0.25, 0.3) is 0 Å². The van der Waals surface area contributed by atoms with Crippen molar-refractivity contribution in [2.75, 3.05) is 25.5 Å². The van der Waals surface area contributed by atoms with Gasteiger partial charge in [-0.3, -0.25) is 0 Å². The highest BCUT2D eigenvalue weighted by molar-refractivity contribution is 7.89. The third-order valence-corrected chi connectivity index (χ3v) is 4.72. The molecule has 4 N–H and O–H groups in total. The third-order valence-electron chi connectivity index (χ3n) is 3.16. The average Bonchev–Trinajstić information content (AvgIpc) is 2.74. The first-order valence-electron chi connectivity index (χ1n) is 5.98. The van der Waals surface area contributed by atoms with E-state index < -0.39 is 15.6 Å². The summed E-state index contributed by atoms with van der Waals surface area (Å²) in [5, 5.41) is 10.0. The van der Waals surface area contributed by atoms with Gasteiger partial charge in [-0.25, -0.2) is 13.1 Å². The lowest BCUT2D eigenvalue weighted by Gasteiger charge is -2.21. The van der Waals surface area contributed by atoms with Gasteiger partial charge in [-0.1, -0.05) is 0 Å². The second-order valence-corrected chi connectivity index (χ2v) is 6.61. The zero-order valence-electron chi connectivity index (χ0n) is 10.7. The molecule has 1 aliphatic rings. The molecule has 6 nitrogen and oxygen atoms in total. The lowest BCUT2D eigenvalue weighted by Crippen LogP contribution is -2.43. The smallest absolute Gasteiger partial charge is 0.240 e. The second kappa shape index (κ2) is 5.09. The van der Waals surface area contributed by atoms with Gasteiger partial charge in [0.1, 0.15) is 5.60 Å². The van der Waals surface area contributed by atoms with Crippen LogP contribution in [0.3, 0.4) is 0 Å². The van der Waals surface area contributed by atoms with Crippen molar-refractivity contribution in [3.05, 3.63) is 23.8 Å². The van der Waals surface area contributed by atoms with Crippen molar-refractivity contribution in [2.24, 2.45) is 0 Å². The first-order chi connectivity index (χ1) is 8.82. The van der Waals surface area contributed by atoms with Gasteiger partial charge >= 0.3 is 0 Å². The summed E-state index contributed by atoms with van der Waals surface area (Å²) in [6, 6.07) is 4.60. The molecule has 1 fully saturated rings. The molecule has 0 spiro atoms. The highest BCUT2D eigenvalue weighted by Crippen LogP contribution is 2.20. The van der Waals surface area contributed by atoms with Gasteiger partial charge in [-0.2, -0.15) is 0 Å². The summed E-state index contributed by atoms with van der Waals surface area (Å²) >= 11 is 0. The summed E-state index contributed by atoms with van der Waals surface area (Å²) in [7, 11) is -3.65. The molecule has 1 heterocycles. The number of ether oxygens (including phenoxy) is 1. The minimum atomic E-state index is -3.65. The summed E-state index contributed by atoms with van der Waals surface area (Å²) in [5.41, 5.74) is 5.56. The van der Waals surface area contributed by atoms with Crippen LogP contribution >= 0.6 is 0 Å². The van der Waals surface area contributed by atoms with Gasteiger partial charge in [0.05, 0.1) is 11.5 Å². The first kappa shape index (κ1) is 14.3. The largest absolute Gasteiger partial charge is 0.399 e. The average molecular weight is 286 g/mol. The minimum Gasteiger partial charge on any atom is -0.399 e. The zero-order valence-corrected chi connectivity index (χ0v) is 11.5. The van der Waals surface area contributed by atoms with Crippen LogP contribution in [0.2, 0.25) is 0 Å². The van der Waals surface area contributed by atoms with Crippen molar-refractivity contribution in [1.82, 2.24) is 4.72 Å². The van der Waals surface area contributed by atoms with E-state index in [0.717, 1.165) is 0 Å². The van der Waals surface area contributed by atoms with Crippen LogP contribution < -0.4 is 10.5 Å². The summed E-state index contributed by atoms with van der Waals surface area (Å²) in [6.45, 7) is 2.22. The highest BCUT2D eigenvalue weighted by Gasteiger charge is 2.33. The van der Waals surface area contributed by atoms with Crippen LogP contribution in [0.1, 0.15) is 12.0 Å². The van der Waals surface area contributed by atoms with E-state index in [2.05, 4.69) is 4.72 Å². The molecule has 1 atom stereocenters. The molecule has 19 heavy (non-hydrogen) atoms. The molecule has 0 aliphatic carbocycles. The molecule has 1 aliphatic heterocycles. The molecule has 0 bridgehead atoms. The summed E-state index contributed by atoms with van der Waals surface area (Å²) in [5.74, 6) is 0. The standard InChI is InChI=1S/C12H18N2O4S/c1-9-6-10(13)2-3-11(9)19(16,17)14-7-12(15)4-5-18-8-12/h2-3,6,14-15H,4-5,7-8,13H2,1H3. The third kappa shape index (κ3) is 3.24. The number of nitrogen functional groups attached to an aromatic ring is 1. The van der Waals surface area contributed by atoms with E-state index in [9.17, 15) is 13.5 Å². The maximum atomic E-state index is 12.2. The maximum Gasteiger partial charge on any atom is 0.240 e. The monoisotopic (exact) mass is 286 g/mol. The number of hydrogen-bond acceptors (Lipinski definition) is 5. The van der Waals surface area contributed by atoms with Crippen molar-refractivity contribution < 1.29 is 18.3 Å². The molecule has 106 valence electrons. The van der Waals surface area contributed by atoms with E-state index in [0.29, 0.717) is 24.3 Å². The summed E-state index contributed by atoms with van der Waals surface area (Å²) < 4.78 is 31.8. The number of hydrogen-bond donors (Lipinski definition) is 3. The Morgan fingerprint density at radius 3 is 2.84 bits per heavy atom. The van der Waals surface area contributed by atoms with E-state index in [1.54, 1.807) is 13.0 Å². The van der Waals surface area contributed by atoms with Crippen LogP contribution in [0, 0.1) is 6.92 Å². The molecule has 1 saturated heterocycles. The molecular weight excluding hydrogens is 268 g/mol. The van der Waals surface area contributed by atoms with Crippen molar-refractivity contribution in [2.45, 2.75) is 23.8 Å². The molecule has 0 aromatic heterocycles. The van der Waals surface area contributed by atoms with E-state index in [1.165, 1.54) is 12.1 Å². The fraction of sp³-hybridized carbons (Fsp3) is 0.500. The molecule has 2 rings (SSSR count). The van der Waals surface area contributed by atoms with Gasteiger partial charge in [-0.05, 0) is 30.7 Å². The second-order valence-electron chi connectivity index (χ2n) is 4.88. The molecule has 1 unspecified atom stereocenters. The number of aliphatic hydroxyl groups is 1. The molecular formula is C12H18N2O4S. The van der Waals surface area contributed by atoms with Crippen molar-refractivity contribution in [1.29, 1.82) is 0 Å². The molecule has 1 aromatic rings. The molecule has 7 heteroatoms. The lowest BCUT2D eigenvalue weighted by atomic mass is 10.1. The van der Waals surface area contributed by atoms with Crippen LogP contribution in [-0.2, 0) is 14.8 Å². The van der Waals surface area contributed by atoms with Crippen LogP contribution in [0.4, 0.5) is 5.69 Å².